The van der Waals surface area contributed by atoms with Crippen LogP contribution in [-0.2, 0) is 25.3 Å². The molecule has 2 aliphatic rings. The van der Waals surface area contributed by atoms with E-state index in [0.29, 0.717) is 18.6 Å². The van der Waals surface area contributed by atoms with Crippen molar-refractivity contribution >= 4 is 17.1 Å². The minimum atomic E-state index is -0.837. The number of likely N-dealkylation sites (tertiary alicyclic amines) is 2. The van der Waals surface area contributed by atoms with Gasteiger partial charge in [-0.15, -0.1) is 0 Å². The van der Waals surface area contributed by atoms with Crippen molar-refractivity contribution in [1.82, 2.24) is 28.5 Å². The van der Waals surface area contributed by atoms with E-state index in [1.807, 2.05) is 18.2 Å². The van der Waals surface area contributed by atoms with Gasteiger partial charge < -0.3 is 19.5 Å². The summed E-state index contributed by atoms with van der Waals surface area (Å²) in [5.74, 6) is 0.0604. The van der Waals surface area contributed by atoms with E-state index in [-0.39, 0.29) is 18.0 Å². The maximum Gasteiger partial charge on any atom is 0.332 e. The molecule has 186 valence electrons. The number of benzene rings is 1. The summed E-state index contributed by atoms with van der Waals surface area (Å²) in [6, 6.07) is 9.60. The van der Waals surface area contributed by atoms with Crippen LogP contribution in [0.3, 0.4) is 0 Å². The fourth-order valence-corrected chi connectivity index (χ4v) is 5.69. The third-order valence-electron chi connectivity index (χ3n) is 7.85. The van der Waals surface area contributed by atoms with Gasteiger partial charge in [-0.05, 0) is 45.0 Å². The second-order valence-electron chi connectivity index (χ2n) is 10.1. The Labute approximate surface area is 203 Å². The molecule has 10 heteroatoms. The molecular formula is C25H32N6O4. The first kappa shape index (κ1) is 23.5. The second kappa shape index (κ2) is 8.76. The minimum absolute atomic E-state index is 0.0604. The second-order valence-corrected chi connectivity index (χ2v) is 10.1. The molecule has 2 atom stereocenters. The Balaban J connectivity index is 1.47. The average Bonchev–Trinajstić information content (AvgIpc) is 3.47. The van der Waals surface area contributed by atoms with Gasteiger partial charge in [-0.2, -0.15) is 0 Å². The lowest BCUT2D eigenvalue weighted by Gasteiger charge is -2.41. The van der Waals surface area contributed by atoms with Crippen LogP contribution >= 0.6 is 0 Å². The summed E-state index contributed by atoms with van der Waals surface area (Å²) in [6.07, 6.45) is 2.83. The normalized spacial score (nSPS) is 22.7. The van der Waals surface area contributed by atoms with Crippen LogP contribution in [0, 0.1) is 5.41 Å². The zero-order valence-electron chi connectivity index (χ0n) is 20.4. The fraction of sp³-hybridized carbons (Fsp3) is 0.520. The Hall–Kier alpha value is -3.24. The lowest BCUT2D eigenvalue weighted by atomic mass is 9.72. The Morgan fingerprint density at radius 1 is 1.06 bits per heavy atom. The number of hydrogen-bond donors (Lipinski definition) is 1. The molecule has 3 aromatic rings. The van der Waals surface area contributed by atoms with Crippen LogP contribution < -0.4 is 11.2 Å². The Bertz CT molecular complexity index is 1370. The molecule has 2 fully saturated rings. The van der Waals surface area contributed by atoms with E-state index in [2.05, 4.69) is 29.1 Å². The molecule has 0 saturated carbocycles. The summed E-state index contributed by atoms with van der Waals surface area (Å²) in [5, 5.41) is 11.0. The van der Waals surface area contributed by atoms with Crippen LogP contribution in [0.4, 0.5) is 0 Å². The number of nitrogens with zero attached hydrogens (tertiary/aromatic N) is 6. The number of carbonyl (C=O) groups excluding carboxylic acids is 1. The van der Waals surface area contributed by atoms with Crippen LogP contribution in [0.1, 0.15) is 24.4 Å². The van der Waals surface area contributed by atoms with Crippen molar-refractivity contribution in [2.45, 2.75) is 31.4 Å². The SMILES string of the molecule is CN1CCC(Cc2ccccc2)(C(=O)N2C[C@@H](O)[C@H](n3cnc4c(=O)n(C)c(=O)n(C)c43)C2)CC1. The van der Waals surface area contributed by atoms with Crippen molar-refractivity contribution in [3.8, 4) is 0 Å². The first-order valence-corrected chi connectivity index (χ1v) is 12.0. The molecule has 5 rings (SSSR count). The maximum atomic E-state index is 14.0. The Morgan fingerprint density at radius 3 is 2.43 bits per heavy atom. The van der Waals surface area contributed by atoms with Gasteiger partial charge in [-0.25, -0.2) is 9.78 Å². The van der Waals surface area contributed by atoms with E-state index in [0.717, 1.165) is 36.1 Å². The maximum absolute atomic E-state index is 14.0. The molecule has 4 heterocycles. The molecule has 1 aromatic carbocycles. The molecule has 1 amide bonds. The predicted molar refractivity (Wildman–Crippen MR) is 131 cm³/mol. The highest BCUT2D eigenvalue weighted by Crippen LogP contribution is 2.39. The number of rotatable bonds is 4. The van der Waals surface area contributed by atoms with Crippen LogP contribution in [0.2, 0.25) is 0 Å². The van der Waals surface area contributed by atoms with Crippen molar-refractivity contribution in [2.24, 2.45) is 19.5 Å². The van der Waals surface area contributed by atoms with E-state index >= 15 is 0 Å². The van der Waals surface area contributed by atoms with E-state index in [1.165, 1.54) is 17.9 Å². The average molecular weight is 481 g/mol. The highest BCUT2D eigenvalue weighted by atomic mass is 16.3. The third kappa shape index (κ3) is 3.90. The molecular weight excluding hydrogens is 448 g/mol. The number of fused-ring (bicyclic) bond motifs is 1. The predicted octanol–water partition coefficient (Wildman–Crippen LogP) is 0.133. The molecule has 2 saturated heterocycles. The van der Waals surface area contributed by atoms with Gasteiger partial charge in [0.25, 0.3) is 5.56 Å². The van der Waals surface area contributed by atoms with Gasteiger partial charge in [0.1, 0.15) is 5.65 Å². The molecule has 0 bridgehead atoms. The summed E-state index contributed by atoms with van der Waals surface area (Å²) in [6.45, 7) is 2.18. The van der Waals surface area contributed by atoms with E-state index in [1.54, 1.807) is 16.5 Å². The topological polar surface area (TPSA) is 106 Å². The molecule has 0 unspecified atom stereocenters. The Kier molecular flexibility index (Phi) is 5.88. The molecule has 0 spiro atoms. The zero-order valence-corrected chi connectivity index (χ0v) is 20.4. The summed E-state index contributed by atoms with van der Waals surface area (Å²) in [4.78, 5) is 47.4. The number of aryl methyl sites for hydroxylation is 1. The lowest BCUT2D eigenvalue weighted by Crippen LogP contribution is -2.50. The number of β-amino-alcohol motifs (C(OH)–C–C–N with tert-alkyl or cyclic N) is 1. The molecule has 0 aliphatic carbocycles. The van der Waals surface area contributed by atoms with Crippen molar-refractivity contribution < 1.29 is 9.90 Å². The highest BCUT2D eigenvalue weighted by molar-refractivity contribution is 5.84. The number of amides is 1. The smallest absolute Gasteiger partial charge is 0.332 e. The molecule has 2 aromatic heterocycles. The number of imidazole rings is 1. The quantitative estimate of drug-likeness (QED) is 0.569. The van der Waals surface area contributed by atoms with E-state index in [9.17, 15) is 19.5 Å². The molecule has 35 heavy (non-hydrogen) atoms. The van der Waals surface area contributed by atoms with Crippen LogP contribution in [0.15, 0.2) is 46.2 Å². The number of hydrogen-bond acceptors (Lipinski definition) is 6. The van der Waals surface area contributed by atoms with Crippen LogP contribution in [0.5, 0.6) is 0 Å². The molecule has 10 nitrogen and oxygen atoms in total. The summed E-state index contributed by atoms with van der Waals surface area (Å²) >= 11 is 0. The number of aliphatic hydroxyl groups is 1. The molecule has 0 radical (unpaired) electrons. The first-order chi connectivity index (χ1) is 16.7. The zero-order chi connectivity index (χ0) is 24.9. The minimum Gasteiger partial charge on any atom is -0.389 e. The Morgan fingerprint density at radius 2 is 1.74 bits per heavy atom. The van der Waals surface area contributed by atoms with Crippen LogP contribution in [0.25, 0.3) is 11.2 Å². The summed E-state index contributed by atoms with van der Waals surface area (Å²) in [5.41, 5.74) is 0.195. The van der Waals surface area contributed by atoms with Gasteiger partial charge in [0.15, 0.2) is 5.52 Å². The number of carbonyl (C=O) groups is 1. The largest absolute Gasteiger partial charge is 0.389 e. The number of piperidine rings is 1. The third-order valence-corrected chi connectivity index (χ3v) is 7.85. The molecule has 1 N–H and O–H groups in total. The van der Waals surface area contributed by atoms with Gasteiger partial charge in [0.2, 0.25) is 5.91 Å². The summed E-state index contributed by atoms with van der Waals surface area (Å²) < 4.78 is 4.07. The van der Waals surface area contributed by atoms with Gasteiger partial charge in [0.05, 0.1) is 23.9 Å². The van der Waals surface area contributed by atoms with Gasteiger partial charge in [-0.3, -0.25) is 18.7 Å². The van der Waals surface area contributed by atoms with Gasteiger partial charge in [-0.1, -0.05) is 30.3 Å². The standard InChI is InChI=1S/C25H32N6O4/c1-27-11-9-25(10-12-27,13-17-7-5-4-6-8-17)23(34)30-14-18(19(32)15-30)31-16-26-20-21(31)28(2)24(35)29(3)22(20)33/h4-8,16,18-19,32H,9-15H2,1-3H3/t18-,19-/m1/s1. The van der Waals surface area contributed by atoms with Crippen molar-refractivity contribution in [2.75, 3.05) is 33.2 Å². The van der Waals surface area contributed by atoms with Crippen molar-refractivity contribution in [1.29, 1.82) is 0 Å². The highest BCUT2D eigenvalue weighted by Gasteiger charge is 2.47. The van der Waals surface area contributed by atoms with E-state index < -0.39 is 28.8 Å². The lowest BCUT2D eigenvalue weighted by molar-refractivity contribution is -0.144. The van der Waals surface area contributed by atoms with Crippen LogP contribution in [-0.4, -0.2) is 78.8 Å². The molecule has 2 aliphatic heterocycles. The number of aliphatic hydroxyl groups excluding tert-OH is 1. The van der Waals surface area contributed by atoms with Crippen molar-refractivity contribution in [3.63, 3.8) is 0 Å². The van der Waals surface area contributed by atoms with Gasteiger partial charge in [0, 0.05) is 27.2 Å². The van der Waals surface area contributed by atoms with Gasteiger partial charge >= 0.3 is 5.69 Å². The van der Waals surface area contributed by atoms with E-state index in [4.69, 9.17) is 0 Å². The summed E-state index contributed by atoms with van der Waals surface area (Å²) in [7, 11) is 5.08. The number of aromatic nitrogens is 4. The van der Waals surface area contributed by atoms with Crippen molar-refractivity contribution in [3.05, 3.63) is 63.1 Å². The fourth-order valence-electron chi connectivity index (χ4n) is 5.69. The monoisotopic (exact) mass is 480 g/mol. The first-order valence-electron chi connectivity index (χ1n) is 12.0.